The summed E-state index contributed by atoms with van der Waals surface area (Å²) >= 11 is 1.54. The zero-order chi connectivity index (χ0) is 9.56. The number of carbonyl (C=O) groups is 1. The number of aliphatic carboxylic acids is 1. The lowest BCUT2D eigenvalue weighted by Gasteiger charge is -2.03. The lowest BCUT2D eigenvalue weighted by molar-refractivity contribution is -0.137. The molecule has 4 heteroatoms. The van der Waals surface area contributed by atoms with Gasteiger partial charge in [-0.15, -0.1) is 0 Å². The Morgan fingerprint density at radius 2 is 2.25 bits per heavy atom. The fourth-order valence-corrected chi connectivity index (χ4v) is 1.48. The molecule has 0 aromatic rings. The average Bonchev–Trinajstić information content (AvgIpc) is 1.97. The van der Waals surface area contributed by atoms with Gasteiger partial charge in [0, 0.05) is 11.5 Å². The predicted octanol–water partition coefficient (Wildman–Crippen LogP) is 1.10. The second-order valence-electron chi connectivity index (χ2n) is 2.76. The van der Waals surface area contributed by atoms with Crippen molar-refractivity contribution in [1.82, 2.24) is 0 Å². The second-order valence-corrected chi connectivity index (χ2v) is 3.84. The van der Waals surface area contributed by atoms with Crippen molar-refractivity contribution in [3.05, 3.63) is 11.6 Å². The smallest absolute Gasteiger partial charge is 0.321 e. The highest BCUT2D eigenvalue weighted by Crippen LogP contribution is 2.03. The van der Waals surface area contributed by atoms with Crippen LogP contribution in [0.25, 0.3) is 0 Å². The highest BCUT2D eigenvalue weighted by Gasteiger charge is 2.09. The van der Waals surface area contributed by atoms with Gasteiger partial charge in [0.2, 0.25) is 0 Å². The monoisotopic (exact) mass is 189 g/mol. The molecule has 0 bridgehead atoms. The Morgan fingerprint density at radius 1 is 1.67 bits per heavy atom. The molecule has 0 amide bonds. The summed E-state index contributed by atoms with van der Waals surface area (Å²) in [5.74, 6) is 0.377. The van der Waals surface area contributed by atoms with Gasteiger partial charge in [-0.1, -0.05) is 11.6 Å². The molecule has 0 fully saturated rings. The summed E-state index contributed by atoms with van der Waals surface area (Å²) in [5, 5.41) is 8.44. The van der Waals surface area contributed by atoms with Crippen LogP contribution in [0.4, 0.5) is 0 Å². The summed E-state index contributed by atoms with van der Waals surface area (Å²) in [6, 6.07) is -0.736. The minimum Gasteiger partial charge on any atom is -0.480 e. The zero-order valence-corrected chi connectivity index (χ0v) is 8.23. The first-order chi connectivity index (χ1) is 5.54. The zero-order valence-electron chi connectivity index (χ0n) is 7.41. The summed E-state index contributed by atoms with van der Waals surface area (Å²) in [6.45, 7) is 4.02. The van der Waals surface area contributed by atoms with E-state index >= 15 is 0 Å². The maximum Gasteiger partial charge on any atom is 0.321 e. The van der Waals surface area contributed by atoms with Gasteiger partial charge in [0.25, 0.3) is 0 Å². The van der Waals surface area contributed by atoms with Crippen molar-refractivity contribution in [3.63, 3.8) is 0 Å². The van der Waals surface area contributed by atoms with Crippen molar-refractivity contribution < 1.29 is 9.90 Å². The average molecular weight is 189 g/mol. The van der Waals surface area contributed by atoms with E-state index in [2.05, 4.69) is 6.08 Å². The number of hydrogen-bond acceptors (Lipinski definition) is 3. The second kappa shape index (κ2) is 6.08. The van der Waals surface area contributed by atoms with Crippen LogP contribution in [0, 0.1) is 0 Å². The minimum absolute atomic E-state index is 0.471. The molecule has 0 radical (unpaired) electrons. The summed E-state index contributed by atoms with van der Waals surface area (Å²) in [7, 11) is 0. The Kier molecular flexibility index (Phi) is 5.84. The van der Waals surface area contributed by atoms with Gasteiger partial charge in [-0.05, 0) is 13.8 Å². The Morgan fingerprint density at radius 3 is 2.67 bits per heavy atom. The maximum absolute atomic E-state index is 10.3. The molecule has 3 nitrogen and oxygen atoms in total. The van der Waals surface area contributed by atoms with Gasteiger partial charge in [0.15, 0.2) is 0 Å². The molecule has 1 unspecified atom stereocenters. The molecule has 0 spiro atoms. The van der Waals surface area contributed by atoms with Crippen LogP contribution in [0.5, 0.6) is 0 Å². The standard InChI is InChI=1S/C8H15NO2S/c1-6(2)3-4-12-5-7(9)8(10)11/h3,7H,4-5,9H2,1-2H3,(H,10,11). The molecule has 0 aliphatic carbocycles. The number of rotatable bonds is 5. The first-order valence-corrected chi connectivity index (χ1v) is 4.89. The number of allylic oxidation sites excluding steroid dienone is 1. The highest BCUT2D eigenvalue weighted by molar-refractivity contribution is 7.99. The fraction of sp³-hybridized carbons (Fsp3) is 0.625. The van der Waals surface area contributed by atoms with E-state index in [9.17, 15) is 4.79 Å². The lowest BCUT2D eigenvalue weighted by atomic mass is 10.3. The van der Waals surface area contributed by atoms with Crippen molar-refractivity contribution in [2.75, 3.05) is 11.5 Å². The molecule has 0 saturated carbocycles. The molecule has 70 valence electrons. The van der Waals surface area contributed by atoms with Gasteiger partial charge in [-0.2, -0.15) is 11.8 Å². The Balaban J connectivity index is 3.44. The van der Waals surface area contributed by atoms with E-state index in [0.29, 0.717) is 5.75 Å². The number of hydrogen-bond donors (Lipinski definition) is 2. The van der Waals surface area contributed by atoms with E-state index in [-0.39, 0.29) is 0 Å². The largest absolute Gasteiger partial charge is 0.480 e. The minimum atomic E-state index is -0.931. The third-order valence-electron chi connectivity index (χ3n) is 1.22. The third-order valence-corrected chi connectivity index (χ3v) is 2.22. The lowest BCUT2D eigenvalue weighted by Crippen LogP contribution is -2.32. The van der Waals surface area contributed by atoms with Crippen LogP contribution in [-0.2, 0) is 4.79 Å². The quantitative estimate of drug-likeness (QED) is 0.502. The Hall–Kier alpha value is -0.480. The normalized spacial score (nSPS) is 12.2. The van der Waals surface area contributed by atoms with E-state index in [1.165, 1.54) is 17.3 Å². The van der Waals surface area contributed by atoms with Crippen LogP contribution in [0.2, 0.25) is 0 Å². The van der Waals surface area contributed by atoms with Gasteiger partial charge in [0.05, 0.1) is 0 Å². The molecule has 0 aliphatic heterocycles. The molecular formula is C8H15NO2S. The van der Waals surface area contributed by atoms with Crippen LogP contribution in [0.1, 0.15) is 13.8 Å². The van der Waals surface area contributed by atoms with E-state index in [1.54, 1.807) is 0 Å². The maximum atomic E-state index is 10.3. The molecule has 0 aromatic carbocycles. The third kappa shape index (κ3) is 6.24. The van der Waals surface area contributed by atoms with Crippen LogP contribution in [0.15, 0.2) is 11.6 Å². The van der Waals surface area contributed by atoms with Crippen molar-refractivity contribution in [3.8, 4) is 0 Å². The van der Waals surface area contributed by atoms with E-state index in [4.69, 9.17) is 10.8 Å². The predicted molar refractivity (Wildman–Crippen MR) is 52.4 cm³/mol. The van der Waals surface area contributed by atoms with E-state index in [1.807, 2.05) is 13.8 Å². The van der Waals surface area contributed by atoms with Crippen LogP contribution in [-0.4, -0.2) is 28.6 Å². The summed E-state index contributed by atoms with van der Waals surface area (Å²) in [6.07, 6.45) is 2.05. The van der Waals surface area contributed by atoms with E-state index in [0.717, 1.165) is 5.75 Å². The summed E-state index contributed by atoms with van der Waals surface area (Å²) in [5.41, 5.74) is 6.53. The molecule has 3 N–H and O–H groups in total. The molecule has 1 atom stereocenters. The molecule has 0 saturated heterocycles. The van der Waals surface area contributed by atoms with Crippen molar-refractivity contribution in [2.24, 2.45) is 5.73 Å². The molecular weight excluding hydrogens is 174 g/mol. The van der Waals surface area contributed by atoms with Crippen LogP contribution >= 0.6 is 11.8 Å². The number of carboxylic acid groups (broad SMARTS) is 1. The Bertz CT molecular complexity index is 176. The SMILES string of the molecule is CC(C)=CCSCC(N)C(=O)O. The Labute approximate surface area is 77.0 Å². The van der Waals surface area contributed by atoms with Gasteiger partial charge >= 0.3 is 5.97 Å². The van der Waals surface area contributed by atoms with Gasteiger partial charge in [-0.3, -0.25) is 4.79 Å². The summed E-state index contributed by atoms with van der Waals surface area (Å²) < 4.78 is 0. The van der Waals surface area contributed by atoms with Crippen molar-refractivity contribution in [2.45, 2.75) is 19.9 Å². The number of carboxylic acids is 1. The van der Waals surface area contributed by atoms with Crippen LogP contribution < -0.4 is 5.73 Å². The molecule has 0 heterocycles. The van der Waals surface area contributed by atoms with Crippen molar-refractivity contribution in [1.29, 1.82) is 0 Å². The highest BCUT2D eigenvalue weighted by atomic mass is 32.2. The first-order valence-electron chi connectivity index (χ1n) is 3.73. The number of thioether (sulfide) groups is 1. The molecule has 12 heavy (non-hydrogen) atoms. The fourth-order valence-electron chi connectivity index (χ4n) is 0.492. The first kappa shape index (κ1) is 11.5. The van der Waals surface area contributed by atoms with Gasteiger partial charge < -0.3 is 10.8 Å². The van der Waals surface area contributed by atoms with Crippen LogP contribution in [0.3, 0.4) is 0 Å². The molecule has 0 rings (SSSR count). The number of nitrogens with two attached hydrogens (primary N) is 1. The van der Waals surface area contributed by atoms with Crippen molar-refractivity contribution >= 4 is 17.7 Å². The van der Waals surface area contributed by atoms with Gasteiger partial charge in [-0.25, -0.2) is 0 Å². The summed E-state index contributed by atoms with van der Waals surface area (Å²) in [4.78, 5) is 10.3. The van der Waals surface area contributed by atoms with E-state index < -0.39 is 12.0 Å². The van der Waals surface area contributed by atoms with Gasteiger partial charge in [0.1, 0.15) is 6.04 Å². The topological polar surface area (TPSA) is 63.3 Å². The molecule has 0 aliphatic rings. The molecule has 0 aromatic heterocycles.